The largest absolute Gasteiger partial charge is 0.398 e. The van der Waals surface area contributed by atoms with Crippen molar-refractivity contribution in [1.82, 2.24) is 9.78 Å². The number of benzene rings is 1. The van der Waals surface area contributed by atoms with Gasteiger partial charge < -0.3 is 5.32 Å². The number of halogens is 4. The molecule has 0 spiro atoms. The predicted molar refractivity (Wildman–Crippen MR) is 91.9 cm³/mol. The van der Waals surface area contributed by atoms with Gasteiger partial charge >= 0.3 is 6.18 Å². The van der Waals surface area contributed by atoms with E-state index >= 15 is 0 Å². The second-order valence-corrected chi connectivity index (χ2v) is 7.30. The van der Waals surface area contributed by atoms with Crippen LogP contribution in [0.15, 0.2) is 18.2 Å². The Bertz CT molecular complexity index is 900. The van der Waals surface area contributed by atoms with Crippen molar-refractivity contribution in [1.29, 1.82) is 0 Å². The molecule has 0 unspecified atom stereocenters. The maximum Gasteiger partial charge on any atom is 0.398 e. The van der Waals surface area contributed by atoms with Gasteiger partial charge in [-0.2, -0.15) is 23.0 Å². The van der Waals surface area contributed by atoms with Crippen LogP contribution >= 0.6 is 11.6 Å². The first-order valence-corrected chi connectivity index (χ1v) is 8.87. The van der Waals surface area contributed by atoms with Gasteiger partial charge in [0.25, 0.3) is 5.91 Å². The van der Waals surface area contributed by atoms with Crippen LogP contribution in [0.4, 0.5) is 18.9 Å². The third kappa shape index (κ3) is 2.44. The summed E-state index contributed by atoms with van der Waals surface area (Å²) >= 11 is 6.20. The van der Waals surface area contributed by atoms with Crippen molar-refractivity contribution in [3.8, 4) is 0 Å². The van der Waals surface area contributed by atoms with Gasteiger partial charge in [0.1, 0.15) is 0 Å². The molecule has 0 saturated heterocycles. The first kappa shape index (κ1) is 17.4. The molecular weight excluding hydrogens is 367 g/mol. The smallest absolute Gasteiger partial charge is 0.382 e. The van der Waals surface area contributed by atoms with Crippen LogP contribution in [0.2, 0.25) is 5.02 Å². The molecule has 0 atom stereocenters. The molecule has 1 saturated carbocycles. The van der Waals surface area contributed by atoms with Crippen LogP contribution < -0.4 is 5.32 Å². The first-order valence-electron chi connectivity index (χ1n) is 8.49. The van der Waals surface area contributed by atoms with Gasteiger partial charge in [0.05, 0.1) is 33.1 Å². The second-order valence-electron chi connectivity index (χ2n) is 6.90. The zero-order chi connectivity index (χ0) is 18.7. The van der Waals surface area contributed by atoms with Crippen LogP contribution in [0, 0.1) is 6.92 Å². The molecule has 0 bridgehead atoms. The Balaban J connectivity index is 1.86. The van der Waals surface area contributed by atoms with Crippen LogP contribution in [0.1, 0.15) is 46.6 Å². The third-order valence-electron chi connectivity index (χ3n) is 5.28. The summed E-state index contributed by atoms with van der Waals surface area (Å²) in [4.78, 5) is 13.2. The Morgan fingerprint density at radius 2 is 2.08 bits per heavy atom. The van der Waals surface area contributed by atoms with Gasteiger partial charge in [-0.3, -0.25) is 4.79 Å². The third-order valence-corrected chi connectivity index (χ3v) is 5.59. The number of rotatable bonds is 2. The van der Waals surface area contributed by atoms with E-state index in [1.807, 2.05) is 0 Å². The van der Waals surface area contributed by atoms with Crippen LogP contribution in [0.5, 0.6) is 0 Å². The molecule has 1 aromatic carbocycles. The van der Waals surface area contributed by atoms with E-state index in [-0.39, 0.29) is 29.0 Å². The number of anilines is 1. The van der Waals surface area contributed by atoms with Crippen molar-refractivity contribution >= 4 is 23.2 Å². The van der Waals surface area contributed by atoms with Gasteiger partial charge in [0, 0.05) is 6.54 Å². The van der Waals surface area contributed by atoms with Gasteiger partial charge in [-0.25, -0.2) is 0 Å². The van der Waals surface area contributed by atoms with E-state index in [1.165, 1.54) is 22.9 Å². The quantitative estimate of drug-likeness (QED) is 0.831. The van der Waals surface area contributed by atoms with E-state index in [1.54, 1.807) is 6.92 Å². The molecule has 138 valence electrons. The number of aryl methyl sites for hydroxylation is 1. The number of hydrogen-bond donors (Lipinski definition) is 1. The zero-order valence-corrected chi connectivity index (χ0v) is 14.8. The SMILES string of the molecule is Cc1nn(C(=O)c2c(Cl)cccc2C2(C(F)(F)F)CC2)c2c1NCCC2. The first-order chi connectivity index (χ1) is 12.3. The average molecular weight is 384 g/mol. The van der Waals surface area contributed by atoms with E-state index in [4.69, 9.17) is 11.6 Å². The number of nitrogens with zero attached hydrogens (tertiary/aromatic N) is 2. The number of carbonyl (C=O) groups excluding carboxylic acids is 1. The van der Waals surface area contributed by atoms with Gasteiger partial charge in [-0.15, -0.1) is 0 Å². The maximum absolute atomic E-state index is 13.6. The van der Waals surface area contributed by atoms with Crippen molar-refractivity contribution in [2.45, 2.75) is 44.2 Å². The normalized spacial score (nSPS) is 18.2. The molecule has 4 rings (SSSR count). The highest BCUT2D eigenvalue weighted by molar-refractivity contribution is 6.34. The zero-order valence-electron chi connectivity index (χ0n) is 14.1. The van der Waals surface area contributed by atoms with Gasteiger partial charge in [-0.1, -0.05) is 23.7 Å². The number of aromatic nitrogens is 2. The van der Waals surface area contributed by atoms with E-state index in [0.717, 1.165) is 18.7 Å². The molecule has 0 amide bonds. The number of fused-ring (bicyclic) bond motifs is 1. The minimum Gasteiger partial charge on any atom is -0.382 e. The lowest BCUT2D eigenvalue weighted by Gasteiger charge is -2.23. The Morgan fingerprint density at radius 1 is 1.35 bits per heavy atom. The lowest BCUT2D eigenvalue weighted by Crippen LogP contribution is -2.32. The van der Waals surface area contributed by atoms with Gasteiger partial charge in [0.15, 0.2) is 0 Å². The van der Waals surface area contributed by atoms with Crippen molar-refractivity contribution in [2.75, 3.05) is 11.9 Å². The fourth-order valence-corrected chi connectivity index (χ4v) is 4.01. The lowest BCUT2D eigenvalue weighted by molar-refractivity contribution is -0.160. The van der Waals surface area contributed by atoms with Crippen molar-refractivity contribution in [3.05, 3.63) is 45.7 Å². The van der Waals surface area contributed by atoms with Crippen LogP contribution in [-0.4, -0.2) is 28.4 Å². The molecule has 1 N–H and O–H groups in total. The van der Waals surface area contributed by atoms with Crippen LogP contribution in [0.3, 0.4) is 0 Å². The Labute approximate surface area is 153 Å². The van der Waals surface area contributed by atoms with E-state index in [9.17, 15) is 18.0 Å². The Hall–Kier alpha value is -2.02. The summed E-state index contributed by atoms with van der Waals surface area (Å²) in [6.45, 7) is 2.55. The summed E-state index contributed by atoms with van der Waals surface area (Å²) in [5.41, 5.74) is 0.00641. The summed E-state index contributed by atoms with van der Waals surface area (Å²) in [7, 11) is 0. The molecule has 1 aliphatic carbocycles. The standard InChI is InChI=1S/C18H17ClF3N3O/c1-10-15-13(6-3-9-23-15)25(24-10)16(26)14-11(4-2-5-12(14)19)17(7-8-17)18(20,21)22/h2,4-5,23H,3,6-9H2,1H3. The molecule has 1 aromatic heterocycles. The highest BCUT2D eigenvalue weighted by Crippen LogP contribution is 2.60. The molecule has 26 heavy (non-hydrogen) atoms. The molecule has 1 aliphatic heterocycles. The number of hydrogen-bond acceptors (Lipinski definition) is 3. The monoisotopic (exact) mass is 383 g/mol. The van der Waals surface area contributed by atoms with Crippen molar-refractivity contribution in [3.63, 3.8) is 0 Å². The average Bonchev–Trinajstić information content (AvgIpc) is 3.35. The predicted octanol–water partition coefficient (Wildman–Crippen LogP) is 4.49. The fraction of sp³-hybridized carbons (Fsp3) is 0.444. The molecule has 8 heteroatoms. The van der Waals surface area contributed by atoms with Crippen LogP contribution in [0.25, 0.3) is 0 Å². The molecule has 4 nitrogen and oxygen atoms in total. The number of carbonyl (C=O) groups is 1. The lowest BCUT2D eigenvalue weighted by atomic mass is 9.90. The van der Waals surface area contributed by atoms with Crippen molar-refractivity contribution < 1.29 is 18.0 Å². The Morgan fingerprint density at radius 3 is 2.73 bits per heavy atom. The topological polar surface area (TPSA) is 46.9 Å². The maximum atomic E-state index is 13.6. The summed E-state index contributed by atoms with van der Waals surface area (Å²) in [6.07, 6.45) is -3.02. The summed E-state index contributed by atoms with van der Waals surface area (Å²) in [5.74, 6) is -0.603. The molecular formula is C18H17ClF3N3O. The molecule has 1 fully saturated rings. The van der Waals surface area contributed by atoms with E-state index in [0.29, 0.717) is 17.8 Å². The second kappa shape index (κ2) is 5.74. The summed E-state index contributed by atoms with van der Waals surface area (Å²) in [5, 5.41) is 7.51. The molecule has 2 heterocycles. The molecule has 2 aromatic rings. The van der Waals surface area contributed by atoms with E-state index in [2.05, 4.69) is 10.4 Å². The molecule has 2 aliphatic rings. The summed E-state index contributed by atoms with van der Waals surface area (Å²) < 4.78 is 42.2. The minimum absolute atomic E-state index is 0.0219. The molecule has 0 radical (unpaired) electrons. The fourth-order valence-electron chi connectivity index (χ4n) is 3.75. The van der Waals surface area contributed by atoms with Crippen LogP contribution in [-0.2, 0) is 11.8 Å². The van der Waals surface area contributed by atoms with Gasteiger partial charge in [0.2, 0.25) is 0 Å². The number of alkyl halides is 3. The van der Waals surface area contributed by atoms with Gasteiger partial charge in [-0.05, 0) is 44.2 Å². The van der Waals surface area contributed by atoms with Crippen molar-refractivity contribution in [2.24, 2.45) is 0 Å². The number of nitrogens with one attached hydrogen (secondary N) is 1. The summed E-state index contributed by atoms with van der Waals surface area (Å²) in [6, 6.07) is 4.28. The minimum atomic E-state index is -4.42. The highest BCUT2D eigenvalue weighted by atomic mass is 35.5. The Kier molecular flexibility index (Phi) is 3.84. The highest BCUT2D eigenvalue weighted by Gasteiger charge is 2.65. The van der Waals surface area contributed by atoms with E-state index < -0.39 is 17.5 Å².